The van der Waals surface area contributed by atoms with Crippen molar-refractivity contribution in [2.24, 2.45) is 0 Å². The van der Waals surface area contributed by atoms with E-state index in [-0.39, 0.29) is 0 Å². The van der Waals surface area contributed by atoms with Gasteiger partial charge in [-0.05, 0) is 30.2 Å². The van der Waals surface area contributed by atoms with Crippen LogP contribution >= 0.6 is 27.3 Å². The van der Waals surface area contributed by atoms with E-state index in [4.69, 9.17) is 4.98 Å². The van der Waals surface area contributed by atoms with E-state index in [0.717, 1.165) is 27.2 Å². The zero-order valence-electron chi connectivity index (χ0n) is 11.0. The molecule has 0 radical (unpaired) electrons. The first-order valence-electron chi connectivity index (χ1n) is 6.42. The highest BCUT2D eigenvalue weighted by Gasteiger charge is 2.09. The van der Waals surface area contributed by atoms with Gasteiger partial charge in [-0.2, -0.15) is 0 Å². The number of hydrogen-bond donors (Lipinski definition) is 0. The molecule has 20 heavy (non-hydrogen) atoms. The zero-order chi connectivity index (χ0) is 13.9. The number of halogens is 1. The molecule has 100 valence electrons. The largest absolute Gasteiger partial charge is 0.264 e. The van der Waals surface area contributed by atoms with Crippen molar-refractivity contribution in [3.63, 3.8) is 0 Å². The van der Waals surface area contributed by atoms with Crippen LogP contribution in [0.25, 0.3) is 21.8 Å². The second kappa shape index (κ2) is 5.85. The van der Waals surface area contributed by atoms with Gasteiger partial charge in [-0.25, -0.2) is 4.98 Å². The third-order valence-corrected chi connectivity index (χ3v) is 4.56. The number of rotatable bonds is 3. The van der Waals surface area contributed by atoms with E-state index in [1.807, 2.05) is 30.6 Å². The number of thiazole rings is 1. The molecule has 4 heteroatoms. The standard InChI is InChI=1S/C16H13BrN2S/c1-2-11-9-18-8-7-14(11)16-19-15(10-20-16)12-3-5-13(17)6-4-12/h3-10H,2H2,1H3. The van der Waals surface area contributed by atoms with Gasteiger partial charge >= 0.3 is 0 Å². The third-order valence-electron chi connectivity index (χ3n) is 3.16. The van der Waals surface area contributed by atoms with E-state index >= 15 is 0 Å². The normalized spacial score (nSPS) is 10.7. The molecule has 0 unspecified atom stereocenters. The maximum absolute atomic E-state index is 4.76. The Hall–Kier alpha value is -1.52. The first kappa shape index (κ1) is 13.5. The lowest BCUT2D eigenvalue weighted by Crippen LogP contribution is -1.88. The molecule has 1 aromatic carbocycles. The average molecular weight is 345 g/mol. The molecule has 0 bridgehead atoms. The number of benzene rings is 1. The fraction of sp³-hybridized carbons (Fsp3) is 0.125. The fourth-order valence-corrected chi connectivity index (χ4v) is 3.22. The molecule has 0 aliphatic heterocycles. The van der Waals surface area contributed by atoms with E-state index in [2.05, 4.69) is 45.4 Å². The molecule has 3 aromatic rings. The summed E-state index contributed by atoms with van der Waals surface area (Å²) in [6, 6.07) is 10.3. The Morgan fingerprint density at radius 1 is 1.15 bits per heavy atom. The minimum absolute atomic E-state index is 0.969. The van der Waals surface area contributed by atoms with Crippen LogP contribution in [-0.2, 0) is 6.42 Å². The number of aromatic nitrogens is 2. The van der Waals surface area contributed by atoms with E-state index in [1.54, 1.807) is 11.3 Å². The predicted molar refractivity (Wildman–Crippen MR) is 87.9 cm³/mol. The average Bonchev–Trinajstić information content (AvgIpc) is 2.97. The summed E-state index contributed by atoms with van der Waals surface area (Å²) in [5.41, 5.74) is 4.60. The maximum Gasteiger partial charge on any atom is 0.124 e. The molecule has 2 nitrogen and oxygen atoms in total. The third kappa shape index (κ3) is 2.67. The number of aryl methyl sites for hydroxylation is 1. The van der Waals surface area contributed by atoms with Crippen molar-refractivity contribution in [1.82, 2.24) is 9.97 Å². The molecule has 0 amide bonds. The van der Waals surface area contributed by atoms with Gasteiger partial charge in [-0.15, -0.1) is 11.3 Å². The minimum Gasteiger partial charge on any atom is -0.264 e. The molecular formula is C16H13BrN2S. The van der Waals surface area contributed by atoms with Gasteiger partial charge < -0.3 is 0 Å². The fourth-order valence-electron chi connectivity index (χ4n) is 2.07. The molecule has 0 saturated carbocycles. The van der Waals surface area contributed by atoms with Crippen molar-refractivity contribution >= 4 is 27.3 Å². The molecule has 2 heterocycles. The molecule has 0 fully saturated rings. The van der Waals surface area contributed by atoms with Crippen molar-refractivity contribution in [1.29, 1.82) is 0 Å². The van der Waals surface area contributed by atoms with Gasteiger partial charge in [-0.1, -0.05) is 35.0 Å². The first-order chi connectivity index (χ1) is 9.78. The Balaban J connectivity index is 2.00. The summed E-state index contributed by atoms with van der Waals surface area (Å²) in [6.45, 7) is 2.14. The van der Waals surface area contributed by atoms with Crippen LogP contribution < -0.4 is 0 Å². The lowest BCUT2D eigenvalue weighted by Gasteiger charge is -2.03. The topological polar surface area (TPSA) is 25.8 Å². The Morgan fingerprint density at radius 2 is 1.95 bits per heavy atom. The molecule has 2 aromatic heterocycles. The highest BCUT2D eigenvalue weighted by molar-refractivity contribution is 9.10. The molecule has 0 aliphatic rings. The summed E-state index contributed by atoms with van der Waals surface area (Å²) in [4.78, 5) is 8.95. The van der Waals surface area contributed by atoms with Crippen LogP contribution in [0.1, 0.15) is 12.5 Å². The monoisotopic (exact) mass is 344 g/mol. The summed E-state index contributed by atoms with van der Waals surface area (Å²) in [7, 11) is 0. The predicted octanol–water partition coefficient (Wildman–Crippen LogP) is 5.20. The SMILES string of the molecule is CCc1cnccc1-c1nc(-c2ccc(Br)cc2)cs1. The van der Waals surface area contributed by atoms with Crippen LogP contribution in [0.4, 0.5) is 0 Å². The Bertz CT molecular complexity index is 719. The summed E-state index contributed by atoms with van der Waals surface area (Å²) >= 11 is 5.13. The van der Waals surface area contributed by atoms with Crippen molar-refractivity contribution in [2.45, 2.75) is 13.3 Å². The van der Waals surface area contributed by atoms with Crippen molar-refractivity contribution in [2.75, 3.05) is 0 Å². The number of nitrogens with zero attached hydrogens (tertiary/aromatic N) is 2. The summed E-state index contributed by atoms with van der Waals surface area (Å²) in [5, 5.41) is 3.17. The van der Waals surface area contributed by atoms with Gasteiger partial charge in [0.25, 0.3) is 0 Å². The highest BCUT2D eigenvalue weighted by atomic mass is 79.9. The molecule has 3 rings (SSSR count). The van der Waals surface area contributed by atoms with E-state index in [9.17, 15) is 0 Å². The van der Waals surface area contributed by atoms with Crippen LogP contribution in [0.2, 0.25) is 0 Å². The number of hydrogen-bond acceptors (Lipinski definition) is 3. The highest BCUT2D eigenvalue weighted by Crippen LogP contribution is 2.31. The van der Waals surface area contributed by atoms with Crippen LogP contribution in [0.3, 0.4) is 0 Å². The summed E-state index contributed by atoms with van der Waals surface area (Å²) in [5.74, 6) is 0. The molecule has 0 N–H and O–H groups in total. The Morgan fingerprint density at radius 3 is 2.70 bits per heavy atom. The Labute approximate surface area is 130 Å². The summed E-state index contributed by atoms with van der Waals surface area (Å²) < 4.78 is 1.08. The van der Waals surface area contributed by atoms with Gasteiger partial charge in [0.05, 0.1) is 5.69 Å². The van der Waals surface area contributed by atoms with Crippen LogP contribution in [0.5, 0.6) is 0 Å². The van der Waals surface area contributed by atoms with Crippen molar-refractivity contribution in [3.8, 4) is 21.8 Å². The second-order valence-corrected chi connectivity index (χ2v) is 6.20. The molecular weight excluding hydrogens is 332 g/mol. The first-order valence-corrected chi connectivity index (χ1v) is 8.10. The van der Waals surface area contributed by atoms with Gasteiger partial charge in [-0.3, -0.25) is 4.98 Å². The zero-order valence-corrected chi connectivity index (χ0v) is 13.4. The van der Waals surface area contributed by atoms with E-state index in [0.29, 0.717) is 0 Å². The Kier molecular flexibility index (Phi) is 3.94. The van der Waals surface area contributed by atoms with Gasteiger partial charge in [0, 0.05) is 33.4 Å². The number of pyridine rings is 1. The van der Waals surface area contributed by atoms with Crippen LogP contribution in [0, 0.1) is 0 Å². The lowest BCUT2D eigenvalue weighted by molar-refractivity contribution is 1.10. The quantitative estimate of drug-likeness (QED) is 0.652. The van der Waals surface area contributed by atoms with Crippen LogP contribution in [0.15, 0.2) is 52.6 Å². The van der Waals surface area contributed by atoms with Crippen LogP contribution in [-0.4, -0.2) is 9.97 Å². The minimum atomic E-state index is 0.969. The maximum atomic E-state index is 4.76. The van der Waals surface area contributed by atoms with E-state index < -0.39 is 0 Å². The smallest absolute Gasteiger partial charge is 0.124 e. The van der Waals surface area contributed by atoms with Gasteiger partial charge in [0.15, 0.2) is 0 Å². The molecule has 0 saturated heterocycles. The lowest BCUT2D eigenvalue weighted by atomic mass is 10.1. The summed E-state index contributed by atoms with van der Waals surface area (Å²) in [6.07, 6.45) is 4.72. The van der Waals surface area contributed by atoms with Crippen molar-refractivity contribution in [3.05, 3.63) is 58.1 Å². The molecule has 0 atom stereocenters. The molecule has 0 spiro atoms. The van der Waals surface area contributed by atoms with E-state index in [1.165, 1.54) is 11.1 Å². The van der Waals surface area contributed by atoms with Gasteiger partial charge in [0.1, 0.15) is 5.01 Å². The molecule has 0 aliphatic carbocycles. The van der Waals surface area contributed by atoms with Crippen molar-refractivity contribution < 1.29 is 0 Å². The van der Waals surface area contributed by atoms with Gasteiger partial charge in [0.2, 0.25) is 0 Å². The second-order valence-electron chi connectivity index (χ2n) is 4.43.